The highest BCUT2D eigenvalue weighted by Gasteiger charge is 2.05. The zero-order valence-corrected chi connectivity index (χ0v) is 12.8. The summed E-state index contributed by atoms with van der Waals surface area (Å²) in [6.45, 7) is 0.493. The fraction of sp³-hybridized carbons (Fsp3) is 0.105. The van der Waals surface area contributed by atoms with E-state index in [0.717, 1.165) is 11.1 Å². The summed E-state index contributed by atoms with van der Waals surface area (Å²) >= 11 is 0. The van der Waals surface area contributed by atoms with Gasteiger partial charge in [0.2, 0.25) is 0 Å². The predicted molar refractivity (Wildman–Crippen MR) is 89.2 cm³/mol. The number of hydrogen-bond acceptors (Lipinski definition) is 4. The van der Waals surface area contributed by atoms with Gasteiger partial charge in [0.1, 0.15) is 6.61 Å². The van der Waals surface area contributed by atoms with Crippen LogP contribution in [0.5, 0.6) is 11.5 Å². The fourth-order valence-electron chi connectivity index (χ4n) is 2.14. The van der Waals surface area contributed by atoms with Gasteiger partial charge in [-0.05, 0) is 29.3 Å². The Hall–Kier alpha value is -3.01. The lowest BCUT2D eigenvalue weighted by Crippen LogP contribution is -1.97. The molecule has 0 fully saturated rings. The van der Waals surface area contributed by atoms with Gasteiger partial charge in [-0.1, -0.05) is 47.6 Å². The Labute approximate surface area is 135 Å². The maximum absolute atomic E-state index is 5.90. The third-order valence-electron chi connectivity index (χ3n) is 3.32. The van der Waals surface area contributed by atoms with E-state index in [4.69, 9.17) is 14.0 Å². The normalized spacial score (nSPS) is 10.8. The molecule has 0 aliphatic rings. The van der Waals surface area contributed by atoms with Crippen LogP contribution >= 0.6 is 0 Å². The van der Waals surface area contributed by atoms with Gasteiger partial charge in [0.15, 0.2) is 17.3 Å². The third-order valence-corrected chi connectivity index (χ3v) is 3.32. The molecule has 0 N–H and O–H groups in total. The smallest absolute Gasteiger partial charge is 0.162 e. The van der Waals surface area contributed by atoms with E-state index in [1.165, 1.54) is 0 Å². The molecule has 0 atom stereocenters. The largest absolute Gasteiger partial charge is 0.493 e. The van der Waals surface area contributed by atoms with Gasteiger partial charge in [-0.3, -0.25) is 0 Å². The second kappa shape index (κ2) is 7.31. The van der Waals surface area contributed by atoms with Crippen LogP contribution in [0.3, 0.4) is 0 Å². The predicted octanol–water partition coefficient (Wildman–Crippen LogP) is 4.43. The quantitative estimate of drug-likeness (QED) is 0.675. The summed E-state index contributed by atoms with van der Waals surface area (Å²) in [5.41, 5.74) is 2.10. The Bertz CT molecular complexity index is 765. The first kappa shape index (κ1) is 14.9. The molecule has 0 saturated heterocycles. The van der Waals surface area contributed by atoms with Gasteiger partial charge in [-0.2, -0.15) is 0 Å². The Morgan fingerprint density at radius 3 is 2.61 bits per heavy atom. The van der Waals surface area contributed by atoms with Gasteiger partial charge in [0.25, 0.3) is 0 Å². The van der Waals surface area contributed by atoms with Crippen molar-refractivity contribution in [3.63, 3.8) is 0 Å². The van der Waals surface area contributed by atoms with Crippen molar-refractivity contribution in [1.82, 2.24) is 5.16 Å². The summed E-state index contributed by atoms with van der Waals surface area (Å²) in [4.78, 5) is 0. The molecule has 3 rings (SSSR count). The van der Waals surface area contributed by atoms with E-state index in [1.807, 2.05) is 60.7 Å². The Kier molecular flexibility index (Phi) is 4.74. The monoisotopic (exact) mass is 307 g/mol. The van der Waals surface area contributed by atoms with Crippen molar-refractivity contribution in [3.05, 3.63) is 77.7 Å². The molecule has 0 unspecified atom stereocenters. The summed E-state index contributed by atoms with van der Waals surface area (Å²) in [6.07, 6.45) is 5.41. The van der Waals surface area contributed by atoms with E-state index >= 15 is 0 Å². The van der Waals surface area contributed by atoms with Crippen molar-refractivity contribution >= 4 is 12.2 Å². The van der Waals surface area contributed by atoms with E-state index in [0.29, 0.717) is 23.9 Å². The number of methoxy groups -OCH3 is 1. The zero-order valence-electron chi connectivity index (χ0n) is 12.8. The number of rotatable bonds is 6. The number of ether oxygens (including phenoxy) is 2. The minimum Gasteiger partial charge on any atom is -0.493 e. The average Bonchev–Trinajstić information content (AvgIpc) is 3.12. The van der Waals surface area contributed by atoms with Crippen molar-refractivity contribution in [3.8, 4) is 11.5 Å². The molecule has 4 nitrogen and oxygen atoms in total. The molecule has 0 amide bonds. The van der Waals surface area contributed by atoms with Crippen LogP contribution in [-0.2, 0) is 6.61 Å². The Balaban J connectivity index is 1.76. The Morgan fingerprint density at radius 1 is 1.00 bits per heavy atom. The van der Waals surface area contributed by atoms with Crippen LogP contribution in [0.4, 0.5) is 0 Å². The number of hydrogen-bond donors (Lipinski definition) is 0. The summed E-state index contributed by atoms with van der Waals surface area (Å²) in [7, 11) is 1.63. The van der Waals surface area contributed by atoms with Crippen molar-refractivity contribution in [2.24, 2.45) is 0 Å². The average molecular weight is 307 g/mol. The third kappa shape index (κ3) is 4.01. The second-order valence-electron chi connectivity index (χ2n) is 4.93. The van der Waals surface area contributed by atoms with Gasteiger partial charge in [-0.25, -0.2) is 0 Å². The molecule has 4 heteroatoms. The van der Waals surface area contributed by atoms with E-state index < -0.39 is 0 Å². The molecule has 1 aromatic heterocycles. The number of aromatic nitrogens is 1. The molecule has 1 heterocycles. The highest BCUT2D eigenvalue weighted by atomic mass is 16.5. The molecular formula is C19H17NO3. The van der Waals surface area contributed by atoms with Gasteiger partial charge in [0.05, 0.1) is 13.3 Å². The molecule has 0 radical (unpaired) electrons. The van der Waals surface area contributed by atoms with Crippen LogP contribution in [0.1, 0.15) is 16.9 Å². The molecule has 0 saturated carbocycles. The summed E-state index contributed by atoms with van der Waals surface area (Å²) in [5, 5.41) is 3.67. The van der Waals surface area contributed by atoms with Crippen molar-refractivity contribution < 1.29 is 14.0 Å². The molecule has 23 heavy (non-hydrogen) atoms. The summed E-state index contributed by atoms with van der Waals surface area (Å²) in [6, 6.07) is 17.6. The standard InChI is InChI=1S/C19H17NO3/c1-21-18-10-8-15(7-9-17-11-12-20-23-17)13-19(18)22-14-16-5-3-2-4-6-16/h2-13H,14H2,1H3/b9-7+. The fourth-order valence-corrected chi connectivity index (χ4v) is 2.14. The van der Waals surface area contributed by atoms with Crippen LogP contribution in [0.25, 0.3) is 12.2 Å². The lowest BCUT2D eigenvalue weighted by atomic mass is 10.1. The molecule has 2 aromatic carbocycles. The highest BCUT2D eigenvalue weighted by molar-refractivity contribution is 5.68. The van der Waals surface area contributed by atoms with Gasteiger partial charge in [0, 0.05) is 6.07 Å². The van der Waals surface area contributed by atoms with Crippen LogP contribution < -0.4 is 9.47 Å². The molecule has 0 bridgehead atoms. The van der Waals surface area contributed by atoms with Crippen LogP contribution in [0.2, 0.25) is 0 Å². The van der Waals surface area contributed by atoms with E-state index in [2.05, 4.69) is 5.16 Å². The van der Waals surface area contributed by atoms with E-state index in [9.17, 15) is 0 Å². The second-order valence-corrected chi connectivity index (χ2v) is 4.93. The minimum atomic E-state index is 0.493. The number of nitrogens with zero attached hydrogens (tertiary/aromatic N) is 1. The minimum absolute atomic E-state index is 0.493. The van der Waals surface area contributed by atoms with Crippen LogP contribution in [0.15, 0.2) is 65.3 Å². The van der Waals surface area contributed by atoms with Crippen molar-refractivity contribution in [1.29, 1.82) is 0 Å². The first-order valence-corrected chi connectivity index (χ1v) is 7.29. The van der Waals surface area contributed by atoms with Crippen molar-refractivity contribution in [2.75, 3.05) is 7.11 Å². The first-order valence-electron chi connectivity index (χ1n) is 7.29. The van der Waals surface area contributed by atoms with E-state index in [1.54, 1.807) is 19.4 Å². The van der Waals surface area contributed by atoms with Crippen LogP contribution in [-0.4, -0.2) is 12.3 Å². The van der Waals surface area contributed by atoms with Crippen LogP contribution in [0, 0.1) is 0 Å². The van der Waals surface area contributed by atoms with Crippen molar-refractivity contribution in [2.45, 2.75) is 6.61 Å². The summed E-state index contributed by atoms with van der Waals surface area (Å²) in [5.74, 6) is 2.11. The molecule has 0 aliphatic carbocycles. The highest BCUT2D eigenvalue weighted by Crippen LogP contribution is 2.29. The number of benzene rings is 2. The lowest BCUT2D eigenvalue weighted by Gasteiger charge is -2.11. The molecule has 116 valence electrons. The lowest BCUT2D eigenvalue weighted by molar-refractivity contribution is 0.284. The maximum Gasteiger partial charge on any atom is 0.162 e. The maximum atomic E-state index is 5.90. The van der Waals surface area contributed by atoms with E-state index in [-0.39, 0.29) is 0 Å². The van der Waals surface area contributed by atoms with Gasteiger partial charge < -0.3 is 14.0 Å². The molecule has 0 spiro atoms. The molecular weight excluding hydrogens is 290 g/mol. The Morgan fingerprint density at radius 2 is 1.87 bits per heavy atom. The summed E-state index contributed by atoms with van der Waals surface area (Å²) < 4.78 is 16.3. The first-order chi connectivity index (χ1) is 11.3. The van der Waals surface area contributed by atoms with Gasteiger partial charge >= 0.3 is 0 Å². The zero-order chi connectivity index (χ0) is 15.9. The van der Waals surface area contributed by atoms with Gasteiger partial charge in [-0.15, -0.1) is 0 Å². The topological polar surface area (TPSA) is 44.5 Å². The molecule has 0 aliphatic heterocycles. The molecule has 3 aromatic rings. The SMILES string of the molecule is COc1ccc(/C=C/c2ccno2)cc1OCc1ccccc1.